The minimum Gasteiger partial charge on any atom is -0.462 e. The van der Waals surface area contributed by atoms with Gasteiger partial charge in [0, 0.05) is 12.1 Å². The van der Waals surface area contributed by atoms with E-state index in [0.29, 0.717) is 17.7 Å². The Bertz CT molecular complexity index is 413. The van der Waals surface area contributed by atoms with Gasteiger partial charge in [-0.15, -0.1) is 0 Å². The number of ketones is 1. The molecule has 0 saturated heterocycles. The first-order chi connectivity index (χ1) is 7.58. The molecule has 16 heavy (non-hydrogen) atoms. The lowest BCUT2D eigenvalue weighted by Gasteiger charge is -2.06. The first kappa shape index (κ1) is 12.4. The van der Waals surface area contributed by atoms with Crippen molar-refractivity contribution in [2.75, 3.05) is 6.61 Å². The standard InChI is InChI=1S/C12H15NO3/c1-3-16-12(15)11-5-9(7-13)4-10(6-11)8(2)14/h4-6H,3,7,13H2,1-2H3. The molecule has 0 bridgehead atoms. The van der Waals surface area contributed by atoms with Gasteiger partial charge < -0.3 is 10.5 Å². The van der Waals surface area contributed by atoms with Crippen molar-refractivity contribution in [1.29, 1.82) is 0 Å². The fourth-order valence-electron chi connectivity index (χ4n) is 1.35. The van der Waals surface area contributed by atoms with E-state index in [4.69, 9.17) is 10.5 Å². The van der Waals surface area contributed by atoms with Gasteiger partial charge in [0.15, 0.2) is 5.78 Å². The molecule has 0 heterocycles. The van der Waals surface area contributed by atoms with Crippen molar-refractivity contribution in [2.45, 2.75) is 20.4 Å². The van der Waals surface area contributed by atoms with Crippen LogP contribution in [0.15, 0.2) is 18.2 Å². The van der Waals surface area contributed by atoms with Gasteiger partial charge in [0.25, 0.3) is 0 Å². The Labute approximate surface area is 94.4 Å². The Balaban J connectivity index is 3.13. The summed E-state index contributed by atoms with van der Waals surface area (Å²) in [6.45, 7) is 3.77. The van der Waals surface area contributed by atoms with Gasteiger partial charge in [-0.2, -0.15) is 0 Å². The monoisotopic (exact) mass is 221 g/mol. The second-order valence-corrected chi connectivity index (χ2v) is 3.40. The molecule has 0 atom stereocenters. The van der Waals surface area contributed by atoms with Crippen molar-refractivity contribution < 1.29 is 14.3 Å². The second kappa shape index (κ2) is 5.42. The largest absolute Gasteiger partial charge is 0.462 e. The van der Waals surface area contributed by atoms with E-state index in [-0.39, 0.29) is 12.3 Å². The molecule has 0 amide bonds. The highest BCUT2D eigenvalue weighted by molar-refractivity contribution is 5.98. The van der Waals surface area contributed by atoms with E-state index < -0.39 is 5.97 Å². The molecule has 0 aromatic heterocycles. The topological polar surface area (TPSA) is 69.4 Å². The van der Waals surface area contributed by atoms with Crippen LogP contribution >= 0.6 is 0 Å². The maximum atomic E-state index is 11.5. The number of carbonyl (C=O) groups excluding carboxylic acids is 2. The van der Waals surface area contributed by atoms with Crippen LogP contribution in [0.25, 0.3) is 0 Å². The summed E-state index contributed by atoms with van der Waals surface area (Å²) in [7, 11) is 0. The Morgan fingerprint density at radius 2 is 1.88 bits per heavy atom. The maximum absolute atomic E-state index is 11.5. The maximum Gasteiger partial charge on any atom is 0.338 e. The number of benzene rings is 1. The summed E-state index contributed by atoms with van der Waals surface area (Å²) in [5.41, 5.74) is 7.09. The predicted molar refractivity (Wildman–Crippen MR) is 60.3 cm³/mol. The Hall–Kier alpha value is -1.68. The number of nitrogens with two attached hydrogens (primary N) is 1. The zero-order chi connectivity index (χ0) is 12.1. The van der Waals surface area contributed by atoms with Gasteiger partial charge in [-0.05, 0) is 37.6 Å². The molecule has 86 valence electrons. The van der Waals surface area contributed by atoms with Crippen LogP contribution in [0.1, 0.15) is 40.1 Å². The molecule has 0 radical (unpaired) electrons. The van der Waals surface area contributed by atoms with E-state index in [9.17, 15) is 9.59 Å². The Morgan fingerprint density at radius 1 is 1.25 bits per heavy atom. The van der Waals surface area contributed by atoms with E-state index >= 15 is 0 Å². The molecule has 0 fully saturated rings. The number of hydrogen-bond donors (Lipinski definition) is 1. The summed E-state index contributed by atoms with van der Waals surface area (Å²) < 4.78 is 4.87. The normalized spacial score (nSPS) is 9.94. The molecule has 1 aromatic carbocycles. The number of hydrogen-bond acceptors (Lipinski definition) is 4. The average Bonchev–Trinajstić information content (AvgIpc) is 2.28. The van der Waals surface area contributed by atoms with Crippen molar-refractivity contribution in [1.82, 2.24) is 0 Å². The van der Waals surface area contributed by atoms with Crippen molar-refractivity contribution >= 4 is 11.8 Å². The fourth-order valence-corrected chi connectivity index (χ4v) is 1.35. The van der Waals surface area contributed by atoms with Crippen LogP contribution in [-0.2, 0) is 11.3 Å². The van der Waals surface area contributed by atoms with Gasteiger partial charge in [0.1, 0.15) is 0 Å². The Kier molecular flexibility index (Phi) is 4.19. The summed E-state index contributed by atoms with van der Waals surface area (Å²) in [5, 5.41) is 0. The summed E-state index contributed by atoms with van der Waals surface area (Å²) in [6, 6.07) is 4.86. The molecule has 0 unspecified atom stereocenters. The lowest BCUT2D eigenvalue weighted by Crippen LogP contribution is -2.08. The van der Waals surface area contributed by atoms with E-state index in [2.05, 4.69) is 0 Å². The molecule has 0 aliphatic heterocycles. The third-order valence-electron chi connectivity index (χ3n) is 2.15. The predicted octanol–water partition coefficient (Wildman–Crippen LogP) is 1.52. The molecule has 0 saturated carbocycles. The van der Waals surface area contributed by atoms with Crippen molar-refractivity contribution in [2.24, 2.45) is 5.73 Å². The number of rotatable bonds is 4. The van der Waals surface area contributed by atoms with Gasteiger partial charge in [-0.1, -0.05) is 0 Å². The quantitative estimate of drug-likeness (QED) is 0.618. The molecule has 1 aromatic rings. The minimum absolute atomic E-state index is 0.0964. The third-order valence-corrected chi connectivity index (χ3v) is 2.15. The van der Waals surface area contributed by atoms with Crippen LogP contribution in [0.4, 0.5) is 0 Å². The number of ether oxygens (including phenoxy) is 1. The summed E-state index contributed by atoms with van der Waals surface area (Å²) in [6.07, 6.45) is 0. The highest BCUT2D eigenvalue weighted by atomic mass is 16.5. The lowest BCUT2D eigenvalue weighted by molar-refractivity contribution is 0.0526. The van der Waals surface area contributed by atoms with Crippen molar-refractivity contribution in [3.8, 4) is 0 Å². The SMILES string of the molecule is CCOC(=O)c1cc(CN)cc(C(C)=O)c1. The zero-order valence-corrected chi connectivity index (χ0v) is 9.45. The number of Topliss-reactive ketones (excluding diaryl/α,β-unsaturated/α-hetero) is 1. The van der Waals surface area contributed by atoms with E-state index in [1.54, 1.807) is 19.1 Å². The highest BCUT2D eigenvalue weighted by Crippen LogP contribution is 2.12. The van der Waals surface area contributed by atoms with Gasteiger partial charge >= 0.3 is 5.97 Å². The van der Waals surface area contributed by atoms with E-state index in [1.165, 1.54) is 13.0 Å². The van der Waals surface area contributed by atoms with Gasteiger partial charge in [-0.3, -0.25) is 4.79 Å². The molecule has 2 N–H and O–H groups in total. The van der Waals surface area contributed by atoms with E-state index in [0.717, 1.165) is 5.56 Å². The molecule has 1 rings (SSSR count). The second-order valence-electron chi connectivity index (χ2n) is 3.40. The molecular formula is C12H15NO3. The molecule has 0 aliphatic carbocycles. The highest BCUT2D eigenvalue weighted by Gasteiger charge is 2.10. The Morgan fingerprint density at radius 3 is 2.38 bits per heavy atom. The first-order valence-electron chi connectivity index (χ1n) is 5.10. The van der Waals surface area contributed by atoms with Crippen LogP contribution < -0.4 is 5.73 Å². The van der Waals surface area contributed by atoms with E-state index in [1.807, 2.05) is 0 Å². The minimum atomic E-state index is -0.430. The summed E-state index contributed by atoms with van der Waals surface area (Å²) >= 11 is 0. The third kappa shape index (κ3) is 2.90. The smallest absolute Gasteiger partial charge is 0.338 e. The van der Waals surface area contributed by atoms with Gasteiger partial charge in [-0.25, -0.2) is 4.79 Å². The van der Waals surface area contributed by atoms with Crippen molar-refractivity contribution in [3.63, 3.8) is 0 Å². The fraction of sp³-hybridized carbons (Fsp3) is 0.333. The molecular weight excluding hydrogens is 206 g/mol. The van der Waals surface area contributed by atoms with Crippen LogP contribution in [0, 0.1) is 0 Å². The van der Waals surface area contributed by atoms with Crippen LogP contribution in [0.2, 0.25) is 0 Å². The van der Waals surface area contributed by atoms with Crippen LogP contribution in [-0.4, -0.2) is 18.4 Å². The average molecular weight is 221 g/mol. The zero-order valence-electron chi connectivity index (χ0n) is 9.45. The molecule has 4 heteroatoms. The van der Waals surface area contributed by atoms with Crippen molar-refractivity contribution in [3.05, 3.63) is 34.9 Å². The first-order valence-corrected chi connectivity index (χ1v) is 5.10. The molecule has 0 spiro atoms. The van der Waals surface area contributed by atoms with Gasteiger partial charge in [0.2, 0.25) is 0 Å². The summed E-state index contributed by atoms with van der Waals surface area (Å²) in [4.78, 5) is 22.8. The molecule has 4 nitrogen and oxygen atoms in total. The van der Waals surface area contributed by atoms with Gasteiger partial charge in [0.05, 0.1) is 12.2 Å². The van der Waals surface area contributed by atoms with Crippen LogP contribution in [0.5, 0.6) is 0 Å². The number of esters is 1. The number of carbonyl (C=O) groups is 2. The van der Waals surface area contributed by atoms with Crippen LogP contribution in [0.3, 0.4) is 0 Å². The summed E-state index contributed by atoms with van der Waals surface area (Å²) in [5.74, 6) is -0.527. The molecule has 0 aliphatic rings. The lowest BCUT2D eigenvalue weighted by atomic mass is 10.0.